The van der Waals surface area contributed by atoms with Gasteiger partial charge in [-0.3, -0.25) is 0 Å². The average Bonchev–Trinajstić information content (AvgIpc) is 2.54. The summed E-state index contributed by atoms with van der Waals surface area (Å²) in [6, 6.07) is 23.8. The molecule has 0 fully saturated rings. The van der Waals surface area contributed by atoms with Crippen molar-refractivity contribution in [3.8, 4) is 0 Å². The quantitative estimate of drug-likeness (QED) is 0.514. The van der Waals surface area contributed by atoms with Crippen molar-refractivity contribution in [1.29, 1.82) is 0 Å². The van der Waals surface area contributed by atoms with Crippen LogP contribution in [-0.2, 0) is 6.42 Å². The van der Waals surface area contributed by atoms with Crippen LogP contribution in [0, 0.1) is 0 Å². The summed E-state index contributed by atoms with van der Waals surface area (Å²) in [5, 5.41) is 2.59. The molecule has 0 nitrogen and oxygen atoms in total. The summed E-state index contributed by atoms with van der Waals surface area (Å²) in [7, 11) is 0. The molecule has 0 amide bonds. The van der Waals surface area contributed by atoms with E-state index >= 15 is 0 Å². The van der Waals surface area contributed by atoms with Crippen LogP contribution in [0.2, 0.25) is 0 Å². The lowest BCUT2D eigenvalue weighted by Gasteiger charge is -2.02. The maximum absolute atomic E-state index is 2.23. The number of hydrogen-bond acceptors (Lipinski definition) is 0. The summed E-state index contributed by atoms with van der Waals surface area (Å²) in [5.41, 5.74) is 3.94. The van der Waals surface area contributed by atoms with Gasteiger partial charge in [0.2, 0.25) is 0 Å². The molecule has 0 heterocycles. The smallest absolute Gasteiger partial charge is 0.0111 e. The van der Waals surface area contributed by atoms with Gasteiger partial charge >= 0.3 is 0 Å². The highest BCUT2D eigenvalue weighted by Gasteiger charge is 1.96. The molecular weight excluding hydrogens is 252 g/mol. The summed E-state index contributed by atoms with van der Waals surface area (Å²) in [6.45, 7) is 2.22. The molecule has 0 atom stereocenters. The molecule has 0 aliphatic rings. The van der Waals surface area contributed by atoms with Crippen molar-refractivity contribution in [3.05, 3.63) is 83.4 Å². The molecule has 21 heavy (non-hydrogen) atoms. The van der Waals surface area contributed by atoms with Crippen LogP contribution in [0.15, 0.2) is 66.7 Å². The van der Waals surface area contributed by atoms with E-state index in [9.17, 15) is 0 Å². The van der Waals surface area contributed by atoms with Crippen LogP contribution in [-0.4, -0.2) is 0 Å². The lowest BCUT2D eigenvalue weighted by Crippen LogP contribution is -1.82. The van der Waals surface area contributed by atoms with E-state index in [0.717, 1.165) is 6.42 Å². The largest absolute Gasteiger partial charge is 0.0651 e. The molecule has 104 valence electrons. The first kappa shape index (κ1) is 13.6. The topological polar surface area (TPSA) is 0 Å². The second kappa shape index (κ2) is 6.41. The summed E-state index contributed by atoms with van der Waals surface area (Å²) in [6.07, 6.45) is 6.76. The second-order valence-corrected chi connectivity index (χ2v) is 5.39. The van der Waals surface area contributed by atoms with E-state index in [1.165, 1.54) is 33.9 Å². The third-order valence-corrected chi connectivity index (χ3v) is 3.80. The van der Waals surface area contributed by atoms with Crippen molar-refractivity contribution < 1.29 is 0 Å². The van der Waals surface area contributed by atoms with Gasteiger partial charge in [0.05, 0.1) is 0 Å². The van der Waals surface area contributed by atoms with Crippen LogP contribution in [0.25, 0.3) is 22.9 Å². The number of rotatable bonds is 4. The summed E-state index contributed by atoms with van der Waals surface area (Å²) >= 11 is 0. The molecule has 0 radical (unpaired) electrons. The number of hydrogen-bond donors (Lipinski definition) is 0. The van der Waals surface area contributed by atoms with Gasteiger partial charge in [-0.2, -0.15) is 0 Å². The molecule has 0 aliphatic carbocycles. The minimum Gasteiger partial charge on any atom is -0.0651 e. The SMILES string of the molecule is CCCc1ccc(C=Cc2cccc3ccccc23)cc1. The average molecular weight is 272 g/mol. The maximum atomic E-state index is 2.23. The molecule has 0 spiro atoms. The monoisotopic (exact) mass is 272 g/mol. The van der Waals surface area contributed by atoms with Crippen LogP contribution in [0.4, 0.5) is 0 Å². The van der Waals surface area contributed by atoms with Gasteiger partial charge in [0, 0.05) is 0 Å². The normalized spacial score (nSPS) is 11.3. The van der Waals surface area contributed by atoms with Gasteiger partial charge in [0.15, 0.2) is 0 Å². The molecule has 0 N–H and O–H groups in total. The minimum atomic E-state index is 1.16. The predicted octanol–water partition coefficient (Wildman–Crippen LogP) is 5.96. The van der Waals surface area contributed by atoms with Gasteiger partial charge in [-0.25, -0.2) is 0 Å². The molecule has 3 rings (SSSR count). The molecule has 0 aromatic heterocycles. The Labute approximate surface area is 126 Å². The van der Waals surface area contributed by atoms with Crippen molar-refractivity contribution in [2.24, 2.45) is 0 Å². The molecule has 3 aromatic rings. The Morgan fingerprint density at radius 1 is 0.762 bits per heavy atom. The van der Waals surface area contributed by atoms with Gasteiger partial charge < -0.3 is 0 Å². The minimum absolute atomic E-state index is 1.16. The standard InChI is InChI=1S/C21H20/c1-2-6-17-11-13-18(14-12-17)15-16-20-9-5-8-19-7-3-4-10-21(19)20/h3-5,7-16H,2,6H2,1H3. The van der Waals surface area contributed by atoms with Gasteiger partial charge in [0.1, 0.15) is 0 Å². The summed E-state index contributed by atoms with van der Waals surface area (Å²) in [5.74, 6) is 0. The van der Waals surface area contributed by atoms with Crippen LogP contribution in [0.5, 0.6) is 0 Å². The summed E-state index contributed by atoms with van der Waals surface area (Å²) in [4.78, 5) is 0. The van der Waals surface area contributed by atoms with E-state index in [2.05, 4.69) is 85.8 Å². The van der Waals surface area contributed by atoms with Crippen molar-refractivity contribution in [3.63, 3.8) is 0 Å². The lowest BCUT2D eigenvalue weighted by atomic mass is 10.0. The second-order valence-electron chi connectivity index (χ2n) is 5.39. The molecular formula is C21H20. The van der Waals surface area contributed by atoms with E-state index in [4.69, 9.17) is 0 Å². The summed E-state index contributed by atoms with van der Waals surface area (Å²) < 4.78 is 0. The van der Waals surface area contributed by atoms with Crippen molar-refractivity contribution in [2.45, 2.75) is 19.8 Å². The number of fused-ring (bicyclic) bond motifs is 1. The highest BCUT2D eigenvalue weighted by atomic mass is 14.0. The number of benzene rings is 3. The molecule has 0 aliphatic heterocycles. The Morgan fingerprint density at radius 3 is 2.33 bits per heavy atom. The zero-order chi connectivity index (χ0) is 14.5. The number of aryl methyl sites for hydroxylation is 1. The van der Waals surface area contributed by atoms with E-state index in [1.54, 1.807) is 0 Å². The van der Waals surface area contributed by atoms with Crippen LogP contribution < -0.4 is 0 Å². The maximum Gasteiger partial charge on any atom is -0.0111 e. The molecule has 0 saturated carbocycles. The molecule has 0 saturated heterocycles. The van der Waals surface area contributed by atoms with Gasteiger partial charge in [-0.1, -0.05) is 92.2 Å². The fourth-order valence-electron chi connectivity index (χ4n) is 2.67. The first-order chi connectivity index (χ1) is 10.4. The highest BCUT2D eigenvalue weighted by molar-refractivity contribution is 5.92. The van der Waals surface area contributed by atoms with Crippen molar-refractivity contribution >= 4 is 22.9 Å². The van der Waals surface area contributed by atoms with Crippen molar-refractivity contribution in [2.75, 3.05) is 0 Å². The van der Waals surface area contributed by atoms with Gasteiger partial charge in [-0.15, -0.1) is 0 Å². The zero-order valence-corrected chi connectivity index (χ0v) is 12.4. The van der Waals surface area contributed by atoms with Gasteiger partial charge in [0.25, 0.3) is 0 Å². The Hall–Kier alpha value is -2.34. The van der Waals surface area contributed by atoms with Crippen LogP contribution in [0.1, 0.15) is 30.0 Å². The molecule has 3 aromatic carbocycles. The first-order valence-corrected chi connectivity index (χ1v) is 7.61. The Bertz CT molecular complexity index is 743. The van der Waals surface area contributed by atoms with E-state index in [-0.39, 0.29) is 0 Å². The highest BCUT2D eigenvalue weighted by Crippen LogP contribution is 2.20. The molecule has 0 unspecified atom stereocenters. The molecule has 0 heteroatoms. The van der Waals surface area contributed by atoms with E-state index in [1.807, 2.05) is 0 Å². The van der Waals surface area contributed by atoms with Gasteiger partial charge in [-0.05, 0) is 33.9 Å². The third-order valence-electron chi connectivity index (χ3n) is 3.80. The fourth-order valence-corrected chi connectivity index (χ4v) is 2.67. The Kier molecular flexibility index (Phi) is 4.16. The van der Waals surface area contributed by atoms with E-state index < -0.39 is 0 Å². The predicted molar refractivity (Wildman–Crippen MR) is 93.3 cm³/mol. The van der Waals surface area contributed by atoms with Crippen molar-refractivity contribution in [1.82, 2.24) is 0 Å². The first-order valence-electron chi connectivity index (χ1n) is 7.61. The fraction of sp³-hybridized carbons (Fsp3) is 0.143. The Balaban J connectivity index is 1.87. The zero-order valence-electron chi connectivity index (χ0n) is 12.4. The van der Waals surface area contributed by atoms with Crippen LogP contribution >= 0.6 is 0 Å². The third kappa shape index (κ3) is 3.22. The van der Waals surface area contributed by atoms with Crippen LogP contribution in [0.3, 0.4) is 0 Å². The lowest BCUT2D eigenvalue weighted by molar-refractivity contribution is 0.922. The van der Waals surface area contributed by atoms with E-state index in [0.29, 0.717) is 0 Å². The molecule has 0 bridgehead atoms. The Morgan fingerprint density at radius 2 is 1.52 bits per heavy atom.